The lowest BCUT2D eigenvalue weighted by Gasteiger charge is -2.34. The molecule has 0 fully saturated rings. The normalized spacial score (nSPS) is 12.4. The van der Waals surface area contributed by atoms with Crippen LogP contribution in [0.4, 0.5) is 0 Å². The Kier molecular flexibility index (Phi) is 12.8. The third kappa shape index (κ3) is 10.7. The van der Waals surface area contributed by atoms with Crippen LogP contribution in [0.5, 0.6) is 5.75 Å². The number of aryl methyl sites for hydroxylation is 1. The molecule has 0 amide bonds. The molecule has 4 nitrogen and oxygen atoms in total. The van der Waals surface area contributed by atoms with Gasteiger partial charge in [0.25, 0.3) is 0 Å². The summed E-state index contributed by atoms with van der Waals surface area (Å²) in [5, 5.41) is 0. The summed E-state index contributed by atoms with van der Waals surface area (Å²) in [7, 11) is 4.12. The van der Waals surface area contributed by atoms with Gasteiger partial charge in [-0.05, 0) is 37.5 Å². The Labute approximate surface area is 207 Å². The van der Waals surface area contributed by atoms with Gasteiger partial charge >= 0.3 is 5.97 Å². The first-order valence-corrected chi connectivity index (χ1v) is 13.2. The Hall–Kier alpha value is -2.33. The molecule has 1 unspecified atom stereocenters. The minimum atomic E-state index is -0.254. The molecule has 0 heterocycles. The summed E-state index contributed by atoms with van der Waals surface area (Å²) in [6, 6.07) is 18.3. The van der Waals surface area contributed by atoms with E-state index in [4.69, 9.17) is 9.47 Å². The topological polar surface area (TPSA) is 35.5 Å². The quantitative estimate of drug-likeness (QED) is 0.143. The molecule has 0 saturated carbocycles. The molecule has 4 heteroatoms. The van der Waals surface area contributed by atoms with E-state index in [0.29, 0.717) is 11.1 Å². The monoisotopic (exact) mass is 468 g/mol. The van der Waals surface area contributed by atoms with Gasteiger partial charge in [0, 0.05) is 5.56 Å². The van der Waals surface area contributed by atoms with E-state index in [1.54, 1.807) is 0 Å². The van der Waals surface area contributed by atoms with Gasteiger partial charge in [0.1, 0.15) is 25.5 Å². The largest absolute Gasteiger partial charge is 0.490 e. The molecule has 0 spiro atoms. The van der Waals surface area contributed by atoms with Gasteiger partial charge in [-0.3, -0.25) is 0 Å². The SMILES string of the molecule is CCCCCCCCCCc1ccc(OCCOC(=O)C(C)[N+](C)(C)Cc2ccccc2)cc1. The van der Waals surface area contributed by atoms with Crippen LogP contribution in [0.15, 0.2) is 54.6 Å². The fourth-order valence-corrected chi connectivity index (χ4v) is 4.11. The number of rotatable bonds is 17. The highest BCUT2D eigenvalue weighted by Gasteiger charge is 2.32. The summed E-state index contributed by atoms with van der Waals surface area (Å²) in [5.74, 6) is 0.634. The molecule has 0 aliphatic heterocycles. The fourth-order valence-electron chi connectivity index (χ4n) is 4.11. The van der Waals surface area contributed by atoms with E-state index in [9.17, 15) is 4.79 Å². The Morgan fingerprint density at radius 2 is 1.41 bits per heavy atom. The van der Waals surface area contributed by atoms with Gasteiger partial charge in [-0.25, -0.2) is 4.79 Å². The van der Waals surface area contributed by atoms with E-state index in [-0.39, 0.29) is 18.6 Å². The lowest BCUT2D eigenvalue weighted by atomic mass is 10.0. The summed E-state index contributed by atoms with van der Waals surface area (Å²) < 4.78 is 11.8. The van der Waals surface area contributed by atoms with E-state index < -0.39 is 0 Å². The van der Waals surface area contributed by atoms with Crippen LogP contribution in [-0.2, 0) is 22.5 Å². The van der Waals surface area contributed by atoms with Crippen LogP contribution in [0.2, 0.25) is 0 Å². The van der Waals surface area contributed by atoms with Crippen LogP contribution in [-0.4, -0.2) is 43.8 Å². The van der Waals surface area contributed by atoms with Crippen LogP contribution < -0.4 is 4.74 Å². The van der Waals surface area contributed by atoms with Crippen LogP contribution >= 0.6 is 0 Å². The summed E-state index contributed by atoms with van der Waals surface area (Å²) in [4.78, 5) is 12.6. The number of esters is 1. The van der Waals surface area contributed by atoms with Crippen molar-refractivity contribution in [3.63, 3.8) is 0 Å². The average Bonchev–Trinajstić information content (AvgIpc) is 2.84. The fraction of sp³-hybridized carbons (Fsp3) is 0.567. The number of ether oxygens (including phenoxy) is 2. The summed E-state index contributed by atoms with van der Waals surface area (Å²) in [6.07, 6.45) is 11.9. The number of unbranched alkanes of at least 4 members (excludes halogenated alkanes) is 7. The molecular weight excluding hydrogens is 422 g/mol. The van der Waals surface area contributed by atoms with Crippen molar-refractivity contribution in [2.45, 2.75) is 84.2 Å². The third-order valence-corrected chi connectivity index (χ3v) is 6.66. The standard InChI is InChI=1S/C30H46NO3/c1-5-6-7-8-9-10-11-13-16-27-19-21-29(22-20-27)33-23-24-34-30(32)26(2)31(3,4)25-28-17-14-12-15-18-28/h12,14-15,17-22,26H,5-11,13,16,23-25H2,1-4H3/q+1. The zero-order chi connectivity index (χ0) is 24.7. The van der Waals surface area contributed by atoms with Gasteiger partial charge < -0.3 is 14.0 Å². The van der Waals surface area contributed by atoms with E-state index >= 15 is 0 Å². The van der Waals surface area contributed by atoms with Gasteiger partial charge in [-0.1, -0.05) is 94.3 Å². The summed E-state index contributed by atoms with van der Waals surface area (Å²) in [6.45, 7) is 5.59. The summed E-state index contributed by atoms with van der Waals surface area (Å²) in [5.41, 5.74) is 2.57. The maximum atomic E-state index is 12.6. The molecule has 34 heavy (non-hydrogen) atoms. The van der Waals surface area contributed by atoms with Crippen molar-refractivity contribution >= 4 is 5.97 Å². The van der Waals surface area contributed by atoms with E-state index in [1.165, 1.54) is 62.5 Å². The molecular formula is C30H46NO3+. The number of carbonyl (C=O) groups excluding carboxylic acids is 1. The van der Waals surface area contributed by atoms with Gasteiger partial charge in [0.2, 0.25) is 0 Å². The summed E-state index contributed by atoms with van der Waals surface area (Å²) >= 11 is 0. The Balaban J connectivity index is 1.60. The first-order chi connectivity index (χ1) is 16.4. The van der Waals surface area contributed by atoms with Gasteiger partial charge in [-0.15, -0.1) is 0 Å². The van der Waals surface area contributed by atoms with Crippen molar-refractivity contribution in [2.75, 3.05) is 27.3 Å². The number of likely N-dealkylation sites (N-methyl/N-ethyl adjacent to an activating group) is 1. The molecule has 0 aliphatic rings. The highest BCUT2D eigenvalue weighted by atomic mass is 16.6. The van der Waals surface area contributed by atoms with E-state index in [1.807, 2.05) is 37.3 Å². The first-order valence-electron chi connectivity index (χ1n) is 13.2. The second-order valence-electron chi connectivity index (χ2n) is 9.98. The highest BCUT2D eigenvalue weighted by molar-refractivity contribution is 5.74. The molecule has 0 saturated heterocycles. The molecule has 0 aromatic heterocycles. The number of hydrogen-bond donors (Lipinski definition) is 0. The van der Waals surface area contributed by atoms with Crippen molar-refractivity contribution < 1.29 is 18.8 Å². The van der Waals surface area contributed by atoms with Gasteiger partial charge in [0.15, 0.2) is 6.04 Å². The number of carbonyl (C=O) groups is 1. The Bertz CT molecular complexity index is 802. The number of nitrogens with zero attached hydrogens (tertiary/aromatic N) is 1. The van der Waals surface area contributed by atoms with E-state index in [2.05, 4.69) is 45.3 Å². The number of quaternary nitrogens is 1. The molecule has 2 aromatic rings. The van der Waals surface area contributed by atoms with Crippen LogP contribution in [0.25, 0.3) is 0 Å². The molecule has 0 bridgehead atoms. The van der Waals surface area contributed by atoms with Gasteiger partial charge in [-0.2, -0.15) is 0 Å². The van der Waals surface area contributed by atoms with Gasteiger partial charge in [0.05, 0.1) is 14.1 Å². The highest BCUT2D eigenvalue weighted by Crippen LogP contribution is 2.17. The molecule has 188 valence electrons. The molecule has 1 atom stereocenters. The third-order valence-electron chi connectivity index (χ3n) is 6.66. The zero-order valence-corrected chi connectivity index (χ0v) is 21.9. The van der Waals surface area contributed by atoms with Crippen molar-refractivity contribution in [3.8, 4) is 5.75 Å². The minimum Gasteiger partial charge on any atom is -0.490 e. The maximum Gasteiger partial charge on any atom is 0.364 e. The first kappa shape index (κ1) is 27.9. The maximum absolute atomic E-state index is 12.6. The Morgan fingerprint density at radius 3 is 2.06 bits per heavy atom. The van der Waals surface area contributed by atoms with Crippen molar-refractivity contribution in [1.82, 2.24) is 0 Å². The second kappa shape index (κ2) is 15.5. The number of hydrogen-bond acceptors (Lipinski definition) is 3. The molecule has 2 aromatic carbocycles. The molecule has 0 aliphatic carbocycles. The van der Waals surface area contributed by atoms with Crippen molar-refractivity contribution in [1.29, 1.82) is 0 Å². The lowest BCUT2D eigenvalue weighted by molar-refractivity contribution is -0.917. The van der Waals surface area contributed by atoms with Crippen LogP contribution in [0.3, 0.4) is 0 Å². The lowest BCUT2D eigenvalue weighted by Crippen LogP contribution is -2.51. The predicted molar refractivity (Wildman–Crippen MR) is 141 cm³/mol. The Morgan fingerprint density at radius 1 is 0.794 bits per heavy atom. The predicted octanol–water partition coefficient (Wildman–Crippen LogP) is 6.96. The molecule has 0 radical (unpaired) electrons. The van der Waals surface area contributed by atoms with Crippen LogP contribution in [0, 0.1) is 0 Å². The molecule has 0 N–H and O–H groups in total. The smallest absolute Gasteiger partial charge is 0.364 e. The molecule has 2 rings (SSSR count). The zero-order valence-electron chi connectivity index (χ0n) is 21.9. The number of benzene rings is 2. The second-order valence-corrected chi connectivity index (χ2v) is 9.98. The average molecular weight is 469 g/mol. The minimum absolute atomic E-state index is 0.190. The van der Waals surface area contributed by atoms with Crippen molar-refractivity contribution in [3.05, 3.63) is 65.7 Å². The van der Waals surface area contributed by atoms with Crippen LogP contribution in [0.1, 0.15) is 76.3 Å². The van der Waals surface area contributed by atoms with E-state index in [0.717, 1.165) is 18.7 Å². The van der Waals surface area contributed by atoms with Crippen molar-refractivity contribution in [2.24, 2.45) is 0 Å².